The molecule has 0 saturated carbocycles. The molecule has 0 spiro atoms. The van der Waals surface area contributed by atoms with E-state index in [9.17, 15) is 0 Å². The number of aromatic nitrogens is 4. The number of aryl methyl sites for hydroxylation is 1. The summed E-state index contributed by atoms with van der Waals surface area (Å²) in [5.41, 5.74) is 4.30. The van der Waals surface area contributed by atoms with Crippen LogP contribution >= 0.6 is 23.1 Å². The zero-order chi connectivity index (χ0) is 14.2. The van der Waals surface area contributed by atoms with Crippen molar-refractivity contribution in [2.45, 2.75) is 17.7 Å². The van der Waals surface area contributed by atoms with Crippen molar-refractivity contribution in [3.05, 3.63) is 53.6 Å². The van der Waals surface area contributed by atoms with Gasteiger partial charge in [-0.2, -0.15) is 0 Å². The van der Waals surface area contributed by atoms with E-state index in [0.717, 1.165) is 32.3 Å². The normalized spacial score (nSPS) is 11.5. The van der Waals surface area contributed by atoms with E-state index in [1.165, 1.54) is 5.56 Å². The Morgan fingerprint density at radius 1 is 1.29 bits per heavy atom. The van der Waals surface area contributed by atoms with Gasteiger partial charge in [-0.15, -0.1) is 11.3 Å². The minimum Gasteiger partial charge on any atom is -0.307 e. The molecule has 4 aromatic rings. The number of pyridine rings is 1. The molecule has 0 aliphatic carbocycles. The maximum Gasteiger partial charge on any atom is 0.139 e. The number of thioether (sulfide) groups is 1. The van der Waals surface area contributed by atoms with Gasteiger partial charge in [0.05, 0.1) is 15.9 Å². The minimum absolute atomic E-state index is 0.811. The van der Waals surface area contributed by atoms with Crippen LogP contribution in [0.25, 0.3) is 15.9 Å². The standard InChI is InChI=1S/C15H12N4S2/c1-10-3-2-5-19-7-11(18-14(10)19)8-21-15-13-12(4-6-20-13)16-9-17-15/h2-7,9H,8H2,1H3. The summed E-state index contributed by atoms with van der Waals surface area (Å²) in [6.07, 6.45) is 5.75. The van der Waals surface area contributed by atoms with Crippen LogP contribution in [0.3, 0.4) is 0 Å². The molecule has 0 aliphatic heterocycles. The quantitative estimate of drug-likeness (QED) is 0.424. The summed E-state index contributed by atoms with van der Waals surface area (Å²) >= 11 is 3.40. The third kappa shape index (κ3) is 2.30. The fourth-order valence-electron chi connectivity index (χ4n) is 2.29. The Kier molecular flexibility index (Phi) is 3.12. The molecule has 0 aliphatic rings. The molecule has 0 atom stereocenters. The van der Waals surface area contributed by atoms with Crippen molar-refractivity contribution in [2.24, 2.45) is 0 Å². The van der Waals surface area contributed by atoms with Crippen molar-refractivity contribution >= 4 is 39.0 Å². The maximum absolute atomic E-state index is 4.70. The first-order valence-corrected chi connectivity index (χ1v) is 8.42. The van der Waals surface area contributed by atoms with E-state index >= 15 is 0 Å². The molecule has 4 heterocycles. The number of rotatable bonds is 3. The summed E-state index contributed by atoms with van der Waals surface area (Å²) < 4.78 is 3.23. The maximum atomic E-state index is 4.70. The lowest BCUT2D eigenvalue weighted by Gasteiger charge is -1.99. The molecule has 0 amide bonds. The van der Waals surface area contributed by atoms with Gasteiger partial charge < -0.3 is 4.40 Å². The molecule has 4 aromatic heterocycles. The second kappa shape index (κ2) is 5.13. The molecule has 0 fully saturated rings. The molecule has 4 nitrogen and oxygen atoms in total. The highest BCUT2D eigenvalue weighted by Gasteiger charge is 2.08. The smallest absolute Gasteiger partial charge is 0.139 e. The fraction of sp³-hybridized carbons (Fsp3) is 0.133. The molecular formula is C15H12N4S2. The van der Waals surface area contributed by atoms with E-state index < -0.39 is 0 Å². The van der Waals surface area contributed by atoms with Crippen molar-refractivity contribution in [3.8, 4) is 0 Å². The Bertz CT molecular complexity index is 926. The Morgan fingerprint density at radius 3 is 3.14 bits per heavy atom. The van der Waals surface area contributed by atoms with Crippen LogP contribution in [0.4, 0.5) is 0 Å². The summed E-state index contributed by atoms with van der Waals surface area (Å²) in [7, 11) is 0. The summed E-state index contributed by atoms with van der Waals surface area (Å²) in [4.78, 5) is 13.4. The van der Waals surface area contributed by atoms with Gasteiger partial charge in [0.1, 0.15) is 17.0 Å². The van der Waals surface area contributed by atoms with Gasteiger partial charge in [-0.3, -0.25) is 0 Å². The average Bonchev–Trinajstić information content (AvgIpc) is 3.12. The number of fused-ring (bicyclic) bond motifs is 2. The molecular weight excluding hydrogens is 300 g/mol. The molecule has 104 valence electrons. The van der Waals surface area contributed by atoms with Crippen molar-refractivity contribution in [1.82, 2.24) is 19.4 Å². The topological polar surface area (TPSA) is 43.1 Å². The summed E-state index contributed by atoms with van der Waals surface area (Å²) in [5.74, 6) is 0.811. The van der Waals surface area contributed by atoms with E-state index in [1.54, 1.807) is 29.4 Å². The van der Waals surface area contributed by atoms with Crippen LogP contribution in [-0.2, 0) is 5.75 Å². The number of nitrogens with zero attached hydrogens (tertiary/aromatic N) is 4. The van der Waals surface area contributed by atoms with E-state index in [1.807, 2.05) is 18.3 Å². The van der Waals surface area contributed by atoms with Gasteiger partial charge in [0.15, 0.2) is 0 Å². The number of imidazole rings is 1. The molecule has 0 saturated heterocycles. The lowest BCUT2D eigenvalue weighted by Crippen LogP contribution is -1.85. The van der Waals surface area contributed by atoms with Gasteiger partial charge in [-0.1, -0.05) is 17.8 Å². The highest BCUT2D eigenvalue weighted by atomic mass is 32.2. The first-order chi connectivity index (χ1) is 10.3. The third-order valence-electron chi connectivity index (χ3n) is 3.30. The molecule has 0 N–H and O–H groups in total. The lowest BCUT2D eigenvalue weighted by atomic mass is 10.3. The van der Waals surface area contributed by atoms with E-state index in [-0.39, 0.29) is 0 Å². The second-order valence-electron chi connectivity index (χ2n) is 4.76. The van der Waals surface area contributed by atoms with E-state index in [2.05, 4.69) is 38.9 Å². The highest BCUT2D eigenvalue weighted by molar-refractivity contribution is 7.98. The first-order valence-electron chi connectivity index (χ1n) is 6.55. The summed E-state index contributed by atoms with van der Waals surface area (Å²) in [5, 5.41) is 3.08. The van der Waals surface area contributed by atoms with Crippen LogP contribution in [0.1, 0.15) is 11.3 Å². The van der Waals surface area contributed by atoms with Gasteiger partial charge in [0, 0.05) is 18.1 Å². The Labute approximate surface area is 129 Å². The summed E-state index contributed by atoms with van der Waals surface area (Å²) in [6.45, 7) is 2.08. The van der Waals surface area contributed by atoms with Crippen molar-refractivity contribution in [1.29, 1.82) is 0 Å². The summed E-state index contributed by atoms with van der Waals surface area (Å²) in [6, 6.07) is 6.15. The van der Waals surface area contributed by atoms with Crippen LogP contribution in [0, 0.1) is 6.92 Å². The Balaban J connectivity index is 1.63. The first kappa shape index (κ1) is 12.8. The van der Waals surface area contributed by atoms with Crippen molar-refractivity contribution in [2.75, 3.05) is 0 Å². The highest BCUT2D eigenvalue weighted by Crippen LogP contribution is 2.30. The van der Waals surface area contributed by atoms with Crippen LogP contribution in [0.2, 0.25) is 0 Å². The van der Waals surface area contributed by atoms with Crippen molar-refractivity contribution in [3.63, 3.8) is 0 Å². The van der Waals surface area contributed by atoms with Gasteiger partial charge in [0.25, 0.3) is 0 Å². The lowest BCUT2D eigenvalue weighted by molar-refractivity contribution is 1.10. The predicted octanol–water partition coefficient (Wildman–Crippen LogP) is 3.94. The Morgan fingerprint density at radius 2 is 2.24 bits per heavy atom. The Hall–Kier alpha value is -1.92. The van der Waals surface area contributed by atoms with Crippen LogP contribution < -0.4 is 0 Å². The average molecular weight is 312 g/mol. The SMILES string of the molecule is Cc1cccn2cc(CSc3ncnc4ccsc34)nc12. The minimum atomic E-state index is 0.811. The molecule has 21 heavy (non-hydrogen) atoms. The van der Waals surface area contributed by atoms with Gasteiger partial charge in [-0.25, -0.2) is 15.0 Å². The molecule has 0 unspecified atom stereocenters. The molecule has 0 radical (unpaired) electrons. The number of hydrogen-bond acceptors (Lipinski definition) is 5. The molecule has 0 aromatic carbocycles. The van der Waals surface area contributed by atoms with E-state index in [4.69, 9.17) is 4.98 Å². The van der Waals surface area contributed by atoms with Crippen LogP contribution in [0.5, 0.6) is 0 Å². The largest absolute Gasteiger partial charge is 0.307 e. The molecule has 4 rings (SSSR count). The van der Waals surface area contributed by atoms with Gasteiger partial charge in [0.2, 0.25) is 0 Å². The van der Waals surface area contributed by atoms with Gasteiger partial charge in [-0.05, 0) is 30.0 Å². The fourth-order valence-corrected chi connectivity index (χ4v) is 4.12. The van der Waals surface area contributed by atoms with E-state index in [0.29, 0.717) is 0 Å². The zero-order valence-electron chi connectivity index (χ0n) is 11.4. The number of thiophene rings is 1. The third-order valence-corrected chi connectivity index (χ3v) is 5.36. The van der Waals surface area contributed by atoms with Crippen LogP contribution in [-0.4, -0.2) is 19.4 Å². The predicted molar refractivity (Wildman–Crippen MR) is 86.9 cm³/mol. The monoisotopic (exact) mass is 312 g/mol. The molecule has 6 heteroatoms. The number of hydrogen-bond donors (Lipinski definition) is 0. The zero-order valence-corrected chi connectivity index (χ0v) is 13.0. The van der Waals surface area contributed by atoms with Crippen LogP contribution in [0.15, 0.2) is 47.3 Å². The van der Waals surface area contributed by atoms with Crippen molar-refractivity contribution < 1.29 is 0 Å². The van der Waals surface area contributed by atoms with Gasteiger partial charge >= 0.3 is 0 Å². The second-order valence-corrected chi connectivity index (χ2v) is 6.64. The molecule has 0 bridgehead atoms.